The standard InChI is InChI=1S/C31H34N2O4/c1-5-36-27-13-9-6-10-22(27)31-30-25(32-23-11-7-8-12-24(23)33-31)16-21(17-26(30)34)20-14-15-28(37-19(2)3)29(18-20)35-4/h6-15,18-19,21,31-33H,5,16-17H2,1-4H3. The first kappa shape index (κ1) is 24.8. The van der Waals surface area contributed by atoms with E-state index < -0.39 is 0 Å². The monoisotopic (exact) mass is 498 g/mol. The van der Waals surface area contributed by atoms with Gasteiger partial charge in [-0.25, -0.2) is 0 Å². The fourth-order valence-electron chi connectivity index (χ4n) is 5.26. The average molecular weight is 499 g/mol. The zero-order valence-corrected chi connectivity index (χ0v) is 21.8. The van der Waals surface area contributed by atoms with Crippen molar-refractivity contribution >= 4 is 17.2 Å². The number of hydrogen-bond donors (Lipinski definition) is 2. The number of benzene rings is 3. The van der Waals surface area contributed by atoms with Crippen LogP contribution in [0.2, 0.25) is 0 Å². The molecule has 0 amide bonds. The summed E-state index contributed by atoms with van der Waals surface area (Å²) in [5.41, 5.74) is 5.64. The van der Waals surface area contributed by atoms with E-state index in [0.717, 1.165) is 39.5 Å². The van der Waals surface area contributed by atoms with Gasteiger partial charge in [-0.2, -0.15) is 0 Å². The molecule has 1 aliphatic heterocycles. The highest BCUT2D eigenvalue weighted by Crippen LogP contribution is 2.46. The van der Waals surface area contributed by atoms with Crippen molar-refractivity contribution in [3.8, 4) is 17.2 Å². The summed E-state index contributed by atoms with van der Waals surface area (Å²) in [5, 5.41) is 7.25. The third kappa shape index (κ3) is 5.01. The minimum Gasteiger partial charge on any atom is -0.494 e. The Balaban J connectivity index is 1.56. The Morgan fingerprint density at radius 3 is 2.43 bits per heavy atom. The van der Waals surface area contributed by atoms with E-state index in [1.807, 2.05) is 81.4 Å². The number of carbonyl (C=O) groups is 1. The van der Waals surface area contributed by atoms with Crippen LogP contribution in [-0.2, 0) is 4.79 Å². The van der Waals surface area contributed by atoms with Crippen molar-refractivity contribution in [2.75, 3.05) is 24.4 Å². The second kappa shape index (κ2) is 10.6. The van der Waals surface area contributed by atoms with E-state index in [4.69, 9.17) is 14.2 Å². The number of anilines is 2. The smallest absolute Gasteiger partial charge is 0.163 e. The summed E-state index contributed by atoms with van der Waals surface area (Å²) in [7, 11) is 1.65. The molecule has 2 N–H and O–H groups in total. The van der Waals surface area contributed by atoms with Crippen molar-refractivity contribution in [1.82, 2.24) is 0 Å². The maximum absolute atomic E-state index is 13.9. The Morgan fingerprint density at radius 2 is 1.68 bits per heavy atom. The molecule has 2 unspecified atom stereocenters. The molecular weight excluding hydrogens is 464 g/mol. The zero-order valence-electron chi connectivity index (χ0n) is 21.8. The summed E-state index contributed by atoms with van der Waals surface area (Å²) in [6.45, 7) is 6.51. The zero-order chi connectivity index (χ0) is 25.9. The molecule has 1 aliphatic carbocycles. The number of Topliss-reactive ketones (excluding diaryl/α,β-unsaturated/α-hetero) is 1. The molecule has 192 valence electrons. The number of para-hydroxylation sites is 3. The second-order valence-electron chi connectivity index (χ2n) is 9.72. The van der Waals surface area contributed by atoms with Crippen LogP contribution in [0.4, 0.5) is 11.4 Å². The summed E-state index contributed by atoms with van der Waals surface area (Å²) in [6, 6.07) is 21.7. The first-order chi connectivity index (χ1) is 18.0. The molecule has 6 nitrogen and oxygen atoms in total. The minimum atomic E-state index is -0.321. The van der Waals surface area contributed by atoms with Crippen LogP contribution < -0.4 is 24.8 Å². The fourth-order valence-corrected chi connectivity index (χ4v) is 5.26. The molecule has 0 saturated heterocycles. The molecule has 2 aliphatic rings. The lowest BCUT2D eigenvalue weighted by Gasteiger charge is -2.30. The van der Waals surface area contributed by atoms with Crippen LogP contribution in [0.1, 0.15) is 56.7 Å². The first-order valence-electron chi connectivity index (χ1n) is 12.9. The topological polar surface area (TPSA) is 68.8 Å². The van der Waals surface area contributed by atoms with E-state index >= 15 is 0 Å². The van der Waals surface area contributed by atoms with Crippen LogP contribution in [-0.4, -0.2) is 25.6 Å². The fraction of sp³-hybridized carbons (Fsp3) is 0.323. The van der Waals surface area contributed by atoms with E-state index in [0.29, 0.717) is 30.9 Å². The predicted octanol–water partition coefficient (Wildman–Crippen LogP) is 6.86. The molecule has 6 heteroatoms. The highest BCUT2D eigenvalue weighted by Gasteiger charge is 2.37. The summed E-state index contributed by atoms with van der Waals surface area (Å²) >= 11 is 0. The number of fused-ring (bicyclic) bond motifs is 1. The molecule has 0 radical (unpaired) electrons. The normalized spacial score (nSPS) is 18.8. The summed E-state index contributed by atoms with van der Waals surface area (Å²) in [5.74, 6) is 2.32. The van der Waals surface area contributed by atoms with Crippen molar-refractivity contribution in [3.63, 3.8) is 0 Å². The van der Waals surface area contributed by atoms with Gasteiger partial charge in [0.05, 0.1) is 37.2 Å². The largest absolute Gasteiger partial charge is 0.494 e. The highest BCUT2D eigenvalue weighted by atomic mass is 16.5. The molecule has 37 heavy (non-hydrogen) atoms. The van der Waals surface area contributed by atoms with Gasteiger partial charge in [0.25, 0.3) is 0 Å². The quantitative estimate of drug-likeness (QED) is 0.371. The molecule has 0 saturated carbocycles. The molecule has 0 spiro atoms. The van der Waals surface area contributed by atoms with E-state index in [9.17, 15) is 4.79 Å². The van der Waals surface area contributed by atoms with Gasteiger partial charge in [-0.05, 0) is 69.0 Å². The molecular formula is C31H34N2O4. The number of rotatable bonds is 7. The number of ketones is 1. The average Bonchev–Trinajstić information content (AvgIpc) is 3.06. The van der Waals surface area contributed by atoms with Gasteiger partial charge in [-0.15, -0.1) is 0 Å². The molecule has 3 aromatic carbocycles. The Kier molecular flexibility index (Phi) is 7.08. The lowest BCUT2D eigenvalue weighted by Crippen LogP contribution is -2.27. The molecule has 0 fully saturated rings. The molecule has 2 atom stereocenters. The van der Waals surface area contributed by atoms with E-state index in [1.165, 1.54) is 0 Å². The number of nitrogens with one attached hydrogen (secondary N) is 2. The highest BCUT2D eigenvalue weighted by molar-refractivity contribution is 6.01. The van der Waals surface area contributed by atoms with Crippen LogP contribution in [0.25, 0.3) is 0 Å². The maximum atomic E-state index is 13.9. The lowest BCUT2D eigenvalue weighted by atomic mass is 9.78. The Labute approximate surface area is 218 Å². The Hall–Kier alpha value is -3.93. The minimum absolute atomic E-state index is 0.0220. The number of hydrogen-bond acceptors (Lipinski definition) is 6. The number of methoxy groups -OCH3 is 1. The number of allylic oxidation sites excluding steroid dienone is 1. The van der Waals surface area contributed by atoms with E-state index in [2.05, 4.69) is 16.7 Å². The third-order valence-electron chi connectivity index (χ3n) is 6.86. The van der Waals surface area contributed by atoms with Crippen molar-refractivity contribution in [2.24, 2.45) is 0 Å². The summed E-state index contributed by atoms with van der Waals surface area (Å²) in [4.78, 5) is 13.9. The lowest BCUT2D eigenvalue weighted by molar-refractivity contribution is -0.116. The van der Waals surface area contributed by atoms with E-state index in [-0.39, 0.29) is 23.8 Å². The third-order valence-corrected chi connectivity index (χ3v) is 6.86. The van der Waals surface area contributed by atoms with Gasteiger partial charge in [0.1, 0.15) is 5.75 Å². The Bertz CT molecular complexity index is 1330. The van der Waals surface area contributed by atoms with Gasteiger partial charge >= 0.3 is 0 Å². The van der Waals surface area contributed by atoms with Gasteiger partial charge in [0.15, 0.2) is 17.3 Å². The van der Waals surface area contributed by atoms with Gasteiger partial charge in [0, 0.05) is 23.3 Å². The van der Waals surface area contributed by atoms with Crippen molar-refractivity contribution in [1.29, 1.82) is 0 Å². The number of ether oxygens (including phenoxy) is 3. The maximum Gasteiger partial charge on any atom is 0.163 e. The molecule has 1 heterocycles. The van der Waals surface area contributed by atoms with Crippen LogP contribution >= 0.6 is 0 Å². The SMILES string of the molecule is CCOc1ccccc1C1Nc2ccccc2NC2=C1C(=O)CC(c1ccc(OC(C)C)c(OC)c1)C2. The molecule has 0 aromatic heterocycles. The van der Waals surface area contributed by atoms with Gasteiger partial charge in [0.2, 0.25) is 0 Å². The van der Waals surface area contributed by atoms with Crippen molar-refractivity contribution in [3.05, 3.63) is 89.1 Å². The second-order valence-corrected chi connectivity index (χ2v) is 9.72. The van der Waals surface area contributed by atoms with E-state index in [1.54, 1.807) is 7.11 Å². The Morgan fingerprint density at radius 1 is 0.919 bits per heavy atom. The van der Waals surface area contributed by atoms with Gasteiger partial charge in [-0.1, -0.05) is 36.4 Å². The first-order valence-corrected chi connectivity index (χ1v) is 12.9. The predicted molar refractivity (Wildman–Crippen MR) is 147 cm³/mol. The van der Waals surface area contributed by atoms with Crippen LogP contribution in [0.5, 0.6) is 17.2 Å². The molecule has 3 aromatic rings. The van der Waals surface area contributed by atoms with Crippen molar-refractivity contribution in [2.45, 2.75) is 51.7 Å². The summed E-state index contributed by atoms with van der Waals surface area (Å²) in [6.07, 6.45) is 1.17. The van der Waals surface area contributed by atoms with Crippen LogP contribution in [0, 0.1) is 0 Å². The van der Waals surface area contributed by atoms with Gasteiger partial charge in [-0.3, -0.25) is 4.79 Å². The van der Waals surface area contributed by atoms with Crippen LogP contribution in [0.3, 0.4) is 0 Å². The van der Waals surface area contributed by atoms with Crippen molar-refractivity contribution < 1.29 is 19.0 Å². The van der Waals surface area contributed by atoms with Crippen LogP contribution in [0.15, 0.2) is 78.0 Å². The molecule has 5 rings (SSSR count). The summed E-state index contributed by atoms with van der Waals surface area (Å²) < 4.78 is 17.5. The number of carbonyl (C=O) groups excluding carboxylic acids is 1. The molecule has 0 bridgehead atoms. The van der Waals surface area contributed by atoms with Gasteiger partial charge < -0.3 is 24.8 Å².